The Bertz CT molecular complexity index is 688. The van der Waals surface area contributed by atoms with E-state index >= 15 is 0 Å². The van der Waals surface area contributed by atoms with Crippen molar-refractivity contribution in [1.82, 2.24) is 9.55 Å². The number of aromatic nitrogens is 2. The van der Waals surface area contributed by atoms with E-state index in [0.717, 1.165) is 6.26 Å². The summed E-state index contributed by atoms with van der Waals surface area (Å²) in [4.78, 5) is 13.8. The molecule has 0 aliphatic heterocycles. The average Bonchev–Trinajstić information content (AvgIpc) is 2.77. The van der Waals surface area contributed by atoms with Gasteiger partial charge >= 0.3 is 0 Å². The number of nitro groups is 1. The Morgan fingerprint density at radius 3 is 2.39 bits per heavy atom. The van der Waals surface area contributed by atoms with Crippen LogP contribution < -0.4 is 0 Å². The molecule has 8 heteroatoms. The molecule has 1 heterocycles. The number of sulfone groups is 1. The standard InChI is InChI=1S/C10H9N3O4S/c1-18(16,17)10-6-11-7-12(10)8-2-4-9(5-3-8)13(14)15/h2-7H,1H3. The minimum atomic E-state index is -3.40. The molecular formula is C10H9N3O4S. The molecule has 0 unspecified atom stereocenters. The third-order valence-electron chi connectivity index (χ3n) is 2.32. The Balaban J connectivity index is 2.50. The second-order valence-electron chi connectivity index (χ2n) is 3.65. The van der Waals surface area contributed by atoms with Gasteiger partial charge in [-0.25, -0.2) is 13.4 Å². The van der Waals surface area contributed by atoms with Crippen molar-refractivity contribution in [3.05, 3.63) is 46.9 Å². The van der Waals surface area contributed by atoms with Crippen molar-refractivity contribution in [3.63, 3.8) is 0 Å². The molecule has 0 spiro atoms. The third-order valence-corrected chi connectivity index (χ3v) is 3.39. The summed E-state index contributed by atoms with van der Waals surface area (Å²) in [6.45, 7) is 0. The lowest BCUT2D eigenvalue weighted by atomic mass is 10.3. The summed E-state index contributed by atoms with van der Waals surface area (Å²) < 4.78 is 24.3. The zero-order valence-electron chi connectivity index (χ0n) is 9.35. The first kappa shape index (κ1) is 12.2. The molecule has 2 aromatic rings. The Morgan fingerprint density at radius 2 is 1.89 bits per heavy atom. The van der Waals surface area contributed by atoms with E-state index in [1.165, 1.54) is 41.4 Å². The maximum absolute atomic E-state index is 11.5. The molecule has 94 valence electrons. The van der Waals surface area contributed by atoms with Crippen molar-refractivity contribution in [3.8, 4) is 5.69 Å². The predicted octanol–water partition coefficient (Wildman–Crippen LogP) is 1.18. The normalized spacial score (nSPS) is 11.4. The first-order valence-electron chi connectivity index (χ1n) is 4.87. The van der Waals surface area contributed by atoms with Crippen LogP contribution in [0, 0.1) is 10.1 Å². The van der Waals surface area contributed by atoms with Crippen LogP contribution in [0.2, 0.25) is 0 Å². The molecule has 0 fully saturated rings. The minimum Gasteiger partial charge on any atom is -0.290 e. The fourth-order valence-electron chi connectivity index (χ4n) is 1.49. The summed E-state index contributed by atoms with van der Waals surface area (Å²) >= 11 is 0. The molecule has 2 rings (SSSR count). The largest absolute Gasteiger partial charge is 0.290 e. The number of rotatable bonds is 3. The molecule has 1 aromatic heterocycles. The summed E-state index contributed by atoms with van der Waals surface area (Å²) in [7, 11) is -3.40. The van der Waals surface area contributed by atoms with E-state index in [2.05, 4.69) is 4.98 Å². The van der Waals surface area contributed by atoms with E-state index in [1.807, 2.05) is 0 Å². The molecule has 0 saturated heterocycles. The maximum atomic E-state index is 11.5. The molecule has 0 saturated carbocycles. The lowest BCUT2D eigenvalue weighted by Gasteiger charge is -2.05. The molecule has 7 nitrogen and oxygen atoms in total. The zero-order valence-corrected chi connectivity index (χ0v) is 10.2. The molecule has 0 N–H and O–H groups in total. The molecule has 18 heavy (non-hydrogen) atoms. The smallest absolute Gasteiger partial charge is 0.269 e. The Labute approximate surface area is 103 Å². The highest BCUT2D eigenvalue weighted by Crippen LogP contribution is 2.18. The summed E-state index contributed by atoms with van der Waals surface area (Å²) in [6.07, 6.45) is 3.65. The van der Waals surface area contributed by atoms with Gasteiger partial charge in [-0.2, -0.15) is 0 Å². The number of nitrogens with zero attached hydrogens (tertiary/aromatic N) is 3. The van der Waals surface area contributed by atoms with E-state index in [0.29, 0.717) is 5.69 Å². The highest BCUT2D eigenvalue weighted by atomic mass is 32.2. The van der Waals surface area contributed by atoms with Gasteiger partial charge in [0.25, 0.3) is 5.69 Å². The van der Waals surface area contributed by atoms with Crippen LogP contribution in [-0.2, 0) is 9.84 Å². The van der Waals surface area contributed by atoms with Crippen LogP contribution in [0.3, 0.4) is 0 Å². The lowest BCUT2D eigenvalue weighted by Crippen LogP contribution is -2.05. The van der Waals surface area contributed by atoms with E-state index < -0.39 is 14.8 Å². The number of benzene rings is 1. The van der Waals surface area contributed by atoms with Gasteiger partial charge in [0.15, 0.2) is 14.9 Å². The van der Waals surface area contributed by atoms with Crippen LogP contribution in [0.4, 0.5) is 5.69 Å². The molecule has 1 aromatic carbocycles. The van der Waals surface area contributed by atoms with Gasteiger partial charge in [-0.15, -0.1) is 0 Å². The Hall–Kier alpha value is -2.22. The van der Waals surface area contributed by atoms with Crippen molar-refractivity contribution in [2.75, 3.05) is 6.26 Å². The second-order valence-corrected chi connectivity index (χ2v) is 5.61. The molecule has 0 atom stereocenters. The predicted molar refractivity (Wildman–Crippen MR) is 63.3 cm³/mol. The average molecular weight is 267 g/mol. The summed E-state index contributed by atoms with van der Waals surface area (Å²) in [5, 5.41) is 10.6. The van der Waals surface area contributed by atoms with E-state index in [4.69, 9.17) is 0 Å². The van der Waals surface area contributed by atoms with Crippen LogP contribution >= 0.6 is 0 Å². The molecular weight excluding hydrogens is 258 g/mol. The second kappa shape index (κ2) is 4.22. The summed E-state index contributed by atoms with van der Waals surface area (Å²) in [6, 6.07) is 5.55. The van der Waals surface area contributed by atoms with Gasteiger partial charge in [-0.3, -0.25) is 14.7 Å². The SMILES string of the molecule is CS(=O)(=O)c1cncn1-c1ccc([N+](=O)[O-])cc1. The van der Waals surface area contributed by atoms with Gasteiger partial charge in [0.05, 0.1) is 11.1 Å². The molecule has 0 radical (unpaired) electrons. The summed E-state index contributed by atoms with van der Waals surface area (Å²) in [5.41, 5.74) is 0.443. The van der Waals surface area contributed by atoms with Crippen molar-refractivity contribution in [2.24, 2.45) is 0 Å². The highest BCUT2D eigenvalue weighted by molar-refractivity contribution is 7.90. The number of nitro benzene ring substituents is 1. The fourth-order valence-corrected chi connectivity index (χ4v) is 2.25. The topological polar surface area (TPSA) is 95.1 Å². The molecule has 0 aliphatic carbocycles. The number of imidazole rings is 1. The van der Waals surface area contributed by atoms with Gasteiger partial charge in [0.2, 0.25) is 0 Å². The minimum absolute atomic E-state index is 0.0383. The molecule has 0 aliphatic rings. The van der Waals surface area contributed by atoms with E-state index in [-0.39, 0.29) is 10.7 Å². The first-order chi connectivity index (χ1) is 8.39. The van der Waals surface area contributed by atoms with Crippen molar-refractivity contribution >= 4 is 15.5 Å². The number of hydrogen-bond donors (Lipinski definition) is 0. The number of non-ortho nitro benzene ring substituents is 1. The van der Waals surface area contributed by atoms with Gasteiger partial charge in [-0.05, 0) is 12.1 Å². The van der Waals surface area contributed by atoms with Crippen LogP contribution in [-0.4, -0.2) is 29.1 Å². The monoisotopic (exact) mass is 267 g/mol. The highest BCUT2D eigenvalue weighted by Gasteiger charge is 2.15. The van der Waals surface area contributed by atoms with Crippen LogP contribution in [0.25, 0.3) is 5.69 Å². The van der Waals surface area contributed by atoms with Gasteiger partial charge in [0.1, 0.15) is 6.33 Å². The first-order valence-corrected chi connectivity index (χ1v) is 6.76. The van der Waals surface area contributed by atoms with Gasteiger partial charge in [0, 0.05) is 24.1 Å². The Morgan fingerprint density at radius 1 is 1.28 bits per heavy atom. The van der Waals surface area contributed by atoms with E-state index in [9.17, 15) is 18.5 Å². The van der Waals surface area contributed by atoms with E-state index in [1.54, 1.807) is 0 Å². The molecule has 0 bridgehead atoms. The van der Waals surface area contributed by atoms with Crippen molar-refractivity contribution in [2.45, 2.75) is 5.03 Å². The zero-order chi connectivity index (χ0) is 13.3. The maximum Gasteiger partial charge on any atom is 0.269 e. The van der Waals surface area contributed by atoms with Gasteiger partial charge < -0.3 is 0 Å². The van der Waals surface area contributed by atoms with Crippen LogP contribution in [0.15, 0.2) is 41.8 Å². The lowest BCUT2D eigenvalue weighted by molar-refractivity contribution is -0.384. The fraction of sp³-hybridized carbons (Fsp3) is 0.100. The summed E-state index contributed by atoms with van der Waals surface area (Å²) in [5.74, 6) is 0. The quantitative estimate of drug-likeness (QED) is 0.614. The van der Waals surface area contributed by atoms with Crippen molar-refractivity contribution in [1.29, 1.82) is 0 Å². The van der Waals surface area contributed by atoms with Crippen LogP contribution in [0.1, 0.15) is 0 Å². The van der Waals surface area contributed by atoms with Crippen LogP contribution in [0.5, 0.6) is 0 Å². The van der Waals surface area contributed by atoms with Crippen molar-refractivity contribution < 1.29 is 13.3 Å². The third kappa shape index (κ3) is 2.23. The number of hydrogen-bond acceptors (Lipinski definition) is 5. The molecule has 0 amide bonds. The Kier molecular flexibility index (Phi) is 2.87. The van der Waals surface area contributed by atoms with Gasteiger partial charge in [-0.1, -0.05) is 0 Å².